The number of pyridine rings is 1. The van der Waals surface area contributed by atoms with E-state index in [9.17, 15) is 18.3 Å². The van der Waals surface area contributed by atoms with Gasteiger partial charge in [0.1, 0.15) is 5.75 Å². The lowest BCUT2D eigenvalue weighted by molar-refractivity contribution is -0.137. The van der Waals surface area contributed by atoms with E-state index < -0.39 is 17.5 Å². The molecule has 0 radical (unpaired) electrons. The van der Waals surface area contributed by atoms with Gasteiger partial charge in [0.25, 0.3) is 0 Å². The molecule has 106 valence electrons. The van der Waals surface area contributed by atoms with Crippen molar-refractivity contribution in [1.82, 2.24) is 4.98 Å². The Bertz CT molecular complexity index is 639. The summed E-state index contributed by atoms with van der Waals surface area (Å²) in [6.07, 6.45) is -2.97. The van der Waals surface area contributed by atoms with Gasteiger partial charge >= 0.3 is 6.18 Å². The molecule has 0 aliphatic carbocycles. The Hall–Kier alpha value is -2.24. The average Bonchev–Trinajstić information content (AvgIpc) is 2.38. The number of hydrogen-bond acceptors (Lipinski definition) is 3. The summed E-state index contributed by atoms with van der Waals surface area (Å²) in [7, 11) is 1.41. The lowest BCUT2D eigenvalue weighted by Gasteiger charge is -2.13. The Kier molecular flexibility index (Phi) is 3.57. The number of alkyl halides is 3. The van der Waals surface area contributed by atoms with Crippen molar-refractivity contribution in [2.24, 2.45) is 0 Å². The van der Waals surface area contributed by atoms with Gasteiger partial charge in [0.15, 0.2) is 0 Å². The van der Waals surface area contributed by atoms with Crippen molar-refractivity contribution < 1.29 is 23.0 Å². The molecule has 0 aliphatic heterocycles. The van der Waals surface area contributed by atoms with Gasteiger partial charge in [0.2, 0.25) is 5.88 Å². The van der Waals surface area contributed by atoms with Gasteiger partial charge in [-0.1, -0.05) is 0 Å². The highest BCUT2D eigenvalue weighted by atomic mass is 19.4. The van der Waals surface area contributed by atoms with E-state index in [-0.39, 0.29) is 11.4 Å². The molecule has 0 saturated carbocycles. The van der Waals surface area contributed by atoms with E-state index >= 15 is 0 Å². The molecule has 1 aromatic heterocycles. The zero-order chi connectivity index (χ0) is 14.9. The van der Waals surface area contributed by atoms with Crippen LogP contribution in [0.4, 0.5) is 13.2 Å². The predicted molar refractivity (Wildman–Crippen MR) is 67.6 cm³/mol. The maximum Gasteiger partial charge on any atom is 0.416 e. The molecule has 1 heterocycles. The first-order valence-electron chi connectivity index (χ1n) is 5.74. The lowest BCUT2D eigenvalue weighted by Crippen LogP contribution is -2.04. The van der Waals surface area contributed by atoms with Crippen LogP contribution in [-0.4, -0.2) is 17.2 Å². The second kappa shape index (κ2) is 5.03. The molecule has 0 saturated heterocycles. The van der Waals surface area contributed by atoms with Crippen LogP contribution < -0.4 is 4.74 Å². The molecular formula is C14H12F3NO2. The highest BCUT2D eigenvalue weighted by molar-refractivity contribution is 5.77. The minimum atomic E-state index is -4.50. The number of hydrogen-bond donors (Lipinski definition) is 1. The van der Waals surface area contributed by atoms with Gasteiger partial charge in [0, 0.05) is 11.8 Å². The molecule has 0 amide bonds. The zero-order valence-electron chi connectivity index (χ0n) is 10.8. The summed E-state index contributed by atoms with van der Waals surface area (Å²) in [5.74, 6) is -0.214. The third-order valence-corrected chi connectivity index (χ3v) is 2.91. The summed E-state index contributed by atoms with van der Waals surface area (Å²) in [5, 5.41) is 9.87. The van der Waals surface area contributed by atoms with Crippen LogP contribution in [-0.2, 0) is 6.18 Å². The Morgan fingerprint density at radius 3 is 2.45 bits per heavy atom. The standard InChI is InChI=1S/C14H12F3NO2/c1-8-5-6-18-13(20-2)12(8)10-4-3-9(7-11(10)19)14(15,16)17/h3-7,19H,1-2H3. The van der Waals surface area contributed by atoms with Crippen LogP contribution in [0.2, 0.25) is 0 Å². The van der Waals surface area contributed by atoms with Crippen molar-refractivity contribution in [3.63, 3.8) is 0 Å². The molecule has 6 heteroatoms. The van der Waals surface area contributed by atoms with E-state index in [0.717, 1.165) is 11.6 Å². The first-order chi connectivity index (χ1) is 9.34. The fraction of sp³-hybridized carbons (Fsp3) is 0.214. The molecule has 0 unspecified atom stereocenters. The molecule has 0 spiro atoms. The summed E-state index contributed by atoms with van der Waals surface area (Å²) < 4.78 is 42.8. The second-order valence-electron chi connectivity index (χ2n) is 4.24. The van der Waals surface area contributed by atoms with Crippen molar-refractivity contribution in [3.8, 4) is 22.8 Å². The second-order valence-corrected chi connectivity index (χ2v) is 4.24. The Morgan fingerprint density at radius 1 is 1.20 bits per heavy atom. The van der Waals surface area contributed by atoms with Crippen LogP contribution >= 0.6 is 0 Å². The summed E-state index contributed by atoms with van der Waals surface area (Å²) in [4.78, 5) is 3.99. The first kappa shape index (κ1) is 14.2. The maximum absolute atomic E-state index is 12.6. The number of phenols is 1. The first-order valence-corrected chi connectivity index (χ1v) is 5.74. The smallest absolute Gasteiger partial charge is 0.416 e. The van der Waals surface area contributed by atoms with Gasteiger partial charge < -0.3 is 9.84 Å². The van der Waals surface area contributed by atoms with Crippen LogP contribution in [0.25, 0.3) is 11.1 Å². The quantitative estimate of drug-likeness (QED) is 0.911. The summed E-state index contributed by atoms with van der Waals surface area (Å²) in [5.41, 5.74) is 0.563. The monoisotopic (exact) mass is 283 g/mol. The highest BCUT2D eigenvalue weighted by Gasteiger charge is 2.31. The number of aromatic nitrogens is 1. The molecule has 3 nitrogen and oxygen atoms in total. The molecular weight excluding hydrogens is 271 g/mol. The number of phenolic OH excluding ortho intramolecular Hbond substituents is 1. The van der Waals surface area contributed by atoms with E-state index in [1.807, 2.05) is 0 Å². The van der Waals surface area contributed by atoms with Crippen LogP contribution in [0.3, 0.4) is 0 Å². The van der Waals surface area contributed by atoms with Crippen LogP contribution in [0, 0.1) is 6.92 Å². The van der Waals surface area contributed by atoms with Gasteiger partial charge in [-0.2, -0.15) is 13.2 Å². The van der Waals surface area contributed by atoms with Gasteiger partial charge in [-0.05, 0) is 36.8 Å². The molecule has 0 aliphatic rings. The van der Waals surface area contributed by atoms with E-state index in [1.54, 1.807) is 13.0 Å². The van der Waals surface area contributed by atoms with Crippen molar-refractivity contribution >= 4 is 0 Å². The van der Waals surface area contributed by atoms with E-state index in [4.69, 9.17) is 4.74 Å². The zero-order valence-corrected chi connectivity index (χ0v) is 10.8. The molecule has 1 N–H and O–H groups in total. The highest BCUT2D eigenvalue weighted by Crippen LogP contribution is 2.40. The SMILES string of the molecule is COc1nccc(C)c1-c1ccc(C(F)(F)F)cc1O. The van der Waals surface area contributed by atoms with Gasteiger partial charge in [-0.15, -0.1) is 0 Å². The summed E-state index contributed by atoms with van der Waals surface area (Å²) in [6, 6.07) is 4.52. The summed E-state index contributed by atoms with van der Waals surface area (Å²) >= 11 is 0. The molecule has 0 fully saturated rings. The number of rotatable bonds is 2. The molecule has 20 heavy (non-hydrogen) atoms. The Labute approximate surface area is 113 Å². The number of benzene rings is 1. The van der Waals surface area contributed by atoms with Gasteiger partial charge in [-0.3, -0.25) is 0 Å². The number of ether oxygens (including phenoxy) is 1. The van der Waals surface area contributed by atoms with Crippen LogP contribution in [0.1, 0.15) is 11.1 Å². The molecule has 2 aromatic rings. The number of nitrogens with zero attached hydrogens (tertiary/aromatic N) is 1. The predicted octanol–water partition coefficient (Wildman–Crippen LogP) is 3.79. The number of aromatic hydroxyl groups is 1. The van der Waals surface area contributed by atoms with E-state index in [0.29, 0.717) is 11.6 Å². The van der Waals surface area contributed by atoms with Crippen molar-refractivity contribution in [2.45, 2.75) is 13.1 Å². The van der Waals surface area contributed by atoms with E-state index in [1.165, 1.54) is 19.4 Å². The maximum atomic E-state index is 12.6. The molecule has 0 bridgehead atoms. The minimum absolute atomic E-state index is 0.250. The number of methoxy groups -OCH3 is 1. The summed E-state index contributed by atoms with van der Waals surface area (Å²) in [6.45, 7) is 1.76. The molecule has 0 atom stereocenters. The molecule has 1 aromatic carbocycles. The largest absolute Gasteiger partial charge is 0.507 e. The topological polar surface area (TPSA) is 42.4 Å². The number of aryl methyl sites for hydroxylation is 1. The van der Waals surface area contributed by atoms with Crippen molar-refractivity contribution in [1.29, 1.82) is 0 Å². The minimum Gasteiger partial charge on any atom is -0.507 e. The normalized spacial score (nSPS) is 11.4. The third kappa shape index (κ3) is 2.54. The fourth-order valence-electron chi connectivity index (χ4n) is 1.94. The lowest BCUT2D eigenvalue weighted by atomic mass is 9.99. The Balaban J connectivity index is 2.61. The van der Waals surface area contributed by atoms with Gasteiger partial charge in [-0.25, -0.2) is 4.98 Å². The third-order valence-electron chi connectivity index (χ3n) is 2.91. The van der Waals surface area contributed by atoms with Crippen LogP contribution in [0.5, 0.6) is 11.6 Å². The van der Waals surface area contributed by atoms with E-state index in [2.05, 4.69) is 4.98 Å². The van der Waals surface area contributed by atoms with Crippen LogP contribution in [0.15, 0.2) is 30.5 Å². The average molecular weight is 283 g/mol. The fourth-order valence-corrected chi connectivity index (χ4v) is 1.94. The van der Waals surface area contributed by atoms with Crippen molar-refractivity contribution in [2.75, 3.05) is 7.11 Å². The van der Waals surface area contributed by atoms with Crippen molar-refractivity contribution in [3.05, 3.63) is 41.6 Å². The Morgan fingerprint density at radius 2 is 1.90 bits per heavy atom. The van der Waals surface area contributed by atoms with Gasteiger partial charge in [0.05, 0.1) is 18.2 Å². The number of halogens is 3. The molecule has 2 rings (SSSR count).